The Bertz CT molecular complexity index is 502. The number of hydrogen-bond donors (Lipinski definition) is 1. The van der Waals surface area contributed by atoms with Gasteiger partial charge in [-0.2, -0.15) is 0 Å². The largest absolute Gasteiger partial charge is 0.326 e. The SMILES string of the molecule is CC(C)CC1NC(=O)N(Cc2cccc(Br)c2)C1=O. The van der Waals surface area contributed by atoms with E-state index >= 15 is 0 Å². The van der Waals surface area contributed by atoms with Crippen molar-refractivity contribution in [3.8, 4) is 0 Å². The molecule has 0 saturated carbocycles. The maximum atomic E-state index is 12.2. The summed E-state index contributed by atoms with van der Waals surface area (Å²) in [5.41, 5.74) is 0.933. The van der Waals surface area contributed by atoms with Crippen LogP contribution in [0.1, 0.15) is 25.8 Å². The molecule has 2 rings (SSSR count). The Labute approximate surface area is 121 Å². The zero-order chi connectivity index (χ0) is 14.0. The van der Waals surface area contributed by atoms with Crippen molar-refractivity contribution < 1.29 is 9.59 Å². The zero-order valence-corrected chi connectivity index (χ0v) is 12.6. The first-order valence-electron chi connectivity index (χ1n) is 6.33. The minimum absolute atomic E-state index is 0.126. The molecule has 1 N–H and O–H groups in total. The van der Waals surface area contributed by atoms with Crippen LogP contribution in [0, 0.1) is 5.92 Å². The van der Waals surface area contributed by atoms with Crippen molar-refractivity contribution in [1.29, 1.82) is 0 Å². The number of imide groups is 1. The highest BCUT2D eigenvalue weighted by Gasteiger charge is 2.37. The van der Waals surface area contributed by atoms with Crippen LogP contribution in [0.25, 0.3) is 0 Å². The van der Waals surface area contributed by atoms with Crippen LogP contribution in [0.15, 0.2) is 28.7 Å². The molecule has 1 atom stereocenters. The average molecular weight is 325 g/mol. The van der Waals surface area contributed by atoms with Crippen LogP contribution in [0.2, 0.25) is 0 Å². The molecule has 19 heavy (non-hydrogen) atoms. The second-order valence-corrected chi connectivity index (χ2v) is 6.10. The van der Waals surface area contributed by atoms with Gasteiger partial charge < -0.3 is 5.32 Å². The number of hydrogen-bond acceptors (Lipinski definition) is 2. The van der Waals surface area contributed by atoms with Crippen LogP contribution in [0.3, 0.4) is 0 Å². The van der Waals surface area contributed by atoms with Crippen molar-refractivity contribution in [3.63, 3.8) is 0 Å². The molecular weight excluding hydrogens is 308 g/mol. The Balaban J connectivity index is 2.08. The molecule has 0 radical (unpaired) electrons. The van der Waals surface area contributed by atoms with Gasteiger partial charge in [-0.05, 0) is 30.0 Å². The lowest BCUT2D eigenvalue weighted by Crippen LogP contribution is -2.31. The van der Waals surface area contributed by atoms with Gasteiger partial charge >= 0.3 is 6.03 Å². The smallest absolute Gasteiger partial charge is 0.325 e. The summed E-state index contributed by atoms with van der Waals surface area (Å²) in [6.07, 6.45) is 0.680. The van der Waals surface area contributed by atoms with Gasteiger partial charge in [0.15, 0.2) is 0 Å². The molecule has 1 aliphatic heterocycles. The van der Waals surface area contributed by atoms with Crippen molar-refractivity contribution >= 4 is 27.9 Å². The summed E-state index contributed by atoms with van der Waals surface area (Å²) in [6, 6.07) is 6.95. The molecule has 0 bridgehead atoms. The fraction of sp³-hybridized carbons (Fsp3) is 0.429. The molecule has 3 amide bonds. The van der Waals surface area contributed by atoms with Crippen LogP contribution in [0.5, 0.6) is 0 Å². The highest BCUT2D eigenvalue weighted by Crippen LogP contribution is 2.18. The van der Waals surface area contributed by atoms with E-state index in [1.54, 1.807) is 0 Å². The molecule has 5 heteroatoms. The van der Waals surface area contributed by atoms with E-state index in [-0.39, 0.29) is 18.0 Å². The summed E-state index contributed by atoms with van der Waals surface area (Å²) < 4.78 is 0.941. The minimum Gasteiger partial charge on any atom is -0.326 e. The van der Waals surface area contributed by atoms with Gasteiger partial charge in [0.05, 0.1) is 6.54 Å². The number of rotatable bonds is 4. The average Bonchev–Trinajstić information content (AvgIpc) is 2.56. The van der Waals surface area contributed by atoms with Crippen LogP contribution < -0.4 is 5.32 Å². The summed E-state index contributed by atoms with van der Waals surface area (Å²) in [5.74, 6) is 0.249. The van der Waals surface area contributed by atoms with Gasteiger partial charge in [-0.3, -0.25) is 9.69 Å². The number of benzene rings is 1. The van der Waals surface area contributed by atoms with Crippen LogP contribution >= 0.6 is 15.9 Å². The third kappa shape index (κ3) is 3.35. The van der Waals surface area contributed by atoms with Crippen molar-refractivity contribution in [2.75, 3.05) is 0 Å². The first kappa shape index (κ1) is 14.1. The number of nitrogens with zero attached hydrogens (tertiary/aromatic N) is 1. The van der Waals surface area contributed by atoms with Gasteiger partial charge in [0.1, 0.15) is 6.04 Å². The lowest BCUT2D eigenvalue weighted by atomic mass is 10.0. The van der Waals surface area contributed by atoms with Gasteiger partial charge in [-0.1, -0.05) is 41.9 Å². The highest BCUT2D eigenvalue weighted by atomic mass is 79.9. The van der Waals surface area contributed by atoms with Crippen LogP contribution in [-0.2, 0) is 11.3 Å². The standard InChI is InChI=1S/C14H17BrN2O2/c1-9(2)6-12-13(18)17(14(19)16-12)8-10-4-3-5-11(15)7-10/h3-5,7,9,12H,6,8H2,1-2H3,(H,16,19). The van der Waals surface area contributed by atoms with Gasteiger partial charge in [0.25, 0.3) is 5.91 Å². The summed E-state index contributed by atoms with van der Waals surface area (Å²) >= 11 is 3.38. The molecule has 4 nitrogen and oxygen atoms in total. The molecular formula is C14H17BrN2O2. The Hall–Kier alpha value is -1.36. The first-order valence-corrected chi connectivity index (χ1v) is 7.13. The summed E-state index contributed by atoms with van der Waals surface area (Å²) in [5, 5.41) is 2.75. The Morgan fingerprint density at radius 2 is 2.11 bits per heavy atom. The Morgan fingerprint density at radius 3 is 2.74 bits per heavy atom. The van der Waals surface area contributed by atoms with E-state index in [1.807, 2.05) is 38.1 Å². The second-order valence-electron chi connectivity index (χ2n) is 5.19. The van der Waals surface area contributed by atoms with Gasteiger partial charge in [-0.25, -0.2) is 4.79 Å². The van der Waals surface area contributed by atoms with Crippen molar-refractivity contribution in [1.82, 2.24) is 10.2 Å². The number of carbonyl (C=O) groups excluding carboxylic acids is 2. The number of urea groups is 1. The van der Waals surface area contributed by atoms with Crippen molar-refractivity contribution in [2.45, 2.75) is 32.9 Å². The van der Waals surface area contributed by atoms with Crippen LogP contribution in [0.4, 0.5) is 4.79 Å². The molecule has 1 aromatic rings. The maximum Gasteiger partial charge on any atom is 0.325 e. The topological polar surface area (TPSA) is 49.4 Å². The normalized spacial score (nSPS) is 19.2. The summed E-state index contributed by atoms with van der Waals surface area (Å²) in [6.45, 7) is 4.39. The molecule has 0 spiro atoms. The lowest BCUT2D eigenvalue weighted by molar-refractivity contribution is -0.128. The number of carbonyl (C=O) groups is 2. The Kier molecular flexibility index (Phi) is 4.24. The fourth-order valence-corrected chi connectivity index (χ4v) is 2.62. The van der Waals surface area contributed by atoms with Gasteiger partial charge in [0, 0.05) is 4.47 Å². The molecule has 0 aromatic heterocycles. The molecule has 1 saturated heterocycles. The highest BCUT2D eigenvalue weighted by molar-refractivity contribution is 9.10. The van der Waals surface area contributed by atoms with Crippen molar-refractivity contribution in [3.05, 3.63) is 34.3 Å². The monoisotopic (exact) mass is 324 g/mol. The first-order chi connectivity index (χ1) is 8.97. The van der Waals surface area contributed by atoms with E-state index in [1.165, 1.54) is 4.90 Å². The van der Waals surface area contributed by atoms with E-state index in [0.29, 0.717) is 18.9 Å². The number of nitrogens with one attached hydrogen (secondary N) is 1. The third-order valence-corrected chi connectivity index (χ3v) is 3.54. The van der Waals surface area contributed by atoms with E-state index in [4.69, 9.17) is 0 Å². The maximum absolute atomic E-state index is 12.2. The number of halogens is 1. The molecule has 1 unspecified atom stereocenters. The second kappa shape index (κ2) is 5.74. The fourth-order valence-electron chi connectivity index (χ4n) is 2.18. The van der Waals surface area contributed by atoms with Crippen LogP contribution in [-0.4, -0.2) is 22.9 Å². The molecule has 0 aliphatic carbocycles. The van der Waals surface area contributed by atoms with Gasteiger partial charge in [-0.15, -0.1) is 0 Å². The molecule has 102 valence electrons. The zero-order valence-electron chi connectivity index (χ0n) is 11.0. The third-order valence-electron chi connectivity index (χ3n) is 3.04. The molecule has 1 aliphatic rings. The quantitative estimate of drug-likeness (QED) is 0.866. The lowest BCUT2D eigenvalue weighted by Gasteiger charge is -2.14. The predicted octanol–water partition coefficient (Wildman–Crippen LogP) is 2.92. The summed E-state index contributed by atoms with van der Waals surface area (Å²) in [4.78, 5) is 25.3. The van der Waals surface area contributed by atoms with Crippen molar-refractivity contribution in [2.24, 2.45) is 5.92 Å². The summed E-state index contributed by atoms with van der Waals surface area (Å²) in [7, 11) is 0. The predicted molar refractivity (Wildman–Crippen MR) is 76.5 cm³/mol. The number of amides is 3. The Morgan fingerprint density at radius 1 is 1.37 bits per heavy atom. The van der Waals surface area contributed by atoms with Gasteiger partial charge in [0.2, 0.25) is 0 Å². The minimum atomic E-state index is -0.375. The molecule has 1 fully saturated rings. The molecule has 1 heterocycles. The van der Waals surface area contributed by atoms with E-state index in [0.717, 1.165) is 10.0 Å². The van der Waals surface area contributed by atoms with E-state index in [2.05, 4.69) is 21.2 Å². The van der Waals surface area contributed by atoms with E-state index in [9.17, 15) is 9.59 Å². The van der Waals surface area contributed by atoms with E-state index < -0.39 is 0 Å². The molecule has 1 aromatic carbocycles.